The number of fused-ring (bicyclic) bond motifs is 4. The first kappa shape index (κ1) is 47.6. The minimum Gasteiger partial charge on any atom is -0.486 e. The fourth-order valence-electron chi connectivity index (χ4n) is 11.0. The summed E-state index contributed by atoms with van der Waals surface area (Å²) < 4.78 is 44.3. The van der Waals surface area contributed by atoms with Gasteiger partial charge in [0.1, 0.15) is 41.0 Å². The number of hydrogen-bond donors (Lipinski definition) is 0. The Morgan fingerprint density at radius 2 is 1.48 bits per heavy atom. The van der Waals surface area contributed by atoms with Gasteiger partial charge >= 0.3 is 12.1 Å². The van der Waals surface area contributed by atoms with Gasteiger partial charge in [0.15, 0.2) is 5.75 Å². The molecule has 11 rings (SSSR count). The molecular formula is C61H59FN6O5. The molecule has 2 aromatic heterocycles. The first-order valence-corrected chi connectivity index (χ1v) is 25.2. The fourth-order valence-corrected chi connectivity index (χ4v) is 11.0. The molecule has 73 heavy (non-hydrogen) atoms. The lowest BCUT2D eigenvalue weighted by Crippen LogP contribution is -2.50. The van der Waals surface area contributed by atoms with Crippen molar-refractivity contribution in [3.8, 4) is 35.2 Å². The zero-order chi connectivity index (χ0) is 50.6. The third kappa shape index (κ3) is 8.80. The number of ether oxygens (including phenoxy) is 4. The third-order valence-corrected chi connectivity index (χ3v) is 14.5. The van der Waals surface area contributed by atoms with Crippen molar-refractivity contribution >= 4 is 33.7 Å². The highest BCUT2D eigenvalue weighted by Crippen LogP contribution is 2.54. The van der Waals surface area contributed by atoms with E-state index in [0.29, 0.717) is 53.4 Å². The van der Waals surface area contributed by atoms with Crippen LogP contribution in [0.25, 0.3) is 32.9 Å². The number of aromatic nitrogens is 4. The molecule has 1 saturated carbocycles. The van der Waals surface area contributed by atoms with Gasteiger partial charge in [0.05, 0.1) is 24.2 Å². The molecule has 3 fully saturated rings. The molecular weight excluding hydrogens is 916 g/mol. The van der Waals surface area contributed by atoms with Crippen molar-refractivity contribution in [3.05, 3.63) is 178 Å². The fraction of sp³-hybridized carbons (Fsp3) is 0.311. The standard InChI is InChI=1S/C61H59FN6O5/c1-8-40-24-26-41(27-25-40)37-71-56-54(53-39(3)51(62)32-52-50(53)35-68(65-52)61(43-18-12-9-13-19-43,44-20-14-10-15-21-44)45-22-16-11-17-23-45)48(42-28-29-42)31-49-55(56)63-58(72-38(2)36-70-7)64-57(49)66-33-47-30-46(66)34-67(47)59(69)73-60(4,5)6/h1,9-27,31-32,35,38,42,46-47H,28-30,33-34,36-37H2,2-7H3/t38-,46+,47+/m1/s1. The summed E-state index contributed by atoms with van der Waals surface area (Å²) in [7, 11) is 1.63. The van der Waals surface area contributed by atoms with Crippen molar-refractivity contribution in [2.45, 2.75) is 95.7 Å². The molecule has 0 radical (unpaired) electrons. The monoisotopic (exact) mass is 974 g/mol. The van der Waals surface area contributed by atoms with Crippen LogP contribution in [0.3, 0.4) is 0 Å². The van der Waals surface area contributed by atoms with E-state index in [1.807, 2.05) is 123 Å². The van der Waals surface area contributed by atoms with Crippen molar-refractivity contribution in [2.75, 3.05) is 31.7 Å². The van der Waals surface area contributed by atoms with Crippen LogP contribution in [-0.4, -0.2) is 81.3 Å². The molecule has 3 aliphatic rings. The van der Waals surface area contributed by atoms with Crippen LogP contribution in [-0.2, 0) is 21.6 Å². The van der Waals surface area contributed by atoms with Gasteiger partial charge in [0.2, 0.25) is 0 Å². The Balaban J connectivity index is 1.17. The molecule has 2 aliphatic heterocycles. The van der Waals surface area contributed by atoms with E-state index in [4.69, 9.17) is 40.4 Å². The second kappa shape index (κ2) is 19.0. The first-order chi connectivity index (χ1) is 35.3. The summed E-state index contributed by atoms with van der Waals surface area (Å²) in [5.74, 6) is 3.64. The summed E-state index contributed by atoms with van der Waals surface area (Å²) >= 11 is 0. The summed E-state index contributed by atoms with van der Waals surface area (Å²) in [6, 6.07) is 42.6. The number of anilines is 1. The molecule has 0 unspecified atom stereocenters. The van der Waals surface area contributed by atoms with Crippen molar-refractivity contribution < 1.29 is 28.1 Å². The van der Waals surface area contributed by atoms with Gasteiger partial charge in [0, 0.05) is 59.9 Å². The third-order valence-electron chi connectivity index (χ3n) is 14.5. The highest BCUT2D eigenvalue weighted by molar-refractivity contribution is 6.06. The summed E-state index contributed by atoms with van der Waals surface area (Å²) in [5, 5.41) is 6.94. The predicted octanol–water partition coefficient (Wildman–Crippen LogP) is 12.0. The Bertz CT molecular complexity index is 3290. The molecule has 2 bridgehead atoms. The maximum Gasteiger partial charge on any atom is 0.410 e. The molecule has 370 valence electrons. The van der Waals surface area contributed by atoms with Crippen molar-refractivity contribution in [1.29, 1.82) is 0 Å². The lowest BCUT2D eigenvalue weighted by Gasteiger charge is -2.36. The van der Waals surface area contributed by atoms with Crippen LogP contribution < -0.4 is 14.4 Å². The normalized spacial score (nSPS) is 17.0. The maximum absolute atomic E-state index is 17.2. The molecule has 1 amide bonds. The van der Waals surface area contributed by atoms with Crippen LogP contribution in [0.5, 0.6) is 11.8 Å². The van der Waals surface area contributed by atoms with Crippen LogP contribution in [0.15, 0.2) is 134 Å². The quantitative estimate of drug-likeness (QED) is 0.0778. The average Bonchev–Trinajstić information content (AvgIpc) is 3.83. The van der Waals surface area contributed by atoms with Gasteiger partial charge in [-0.2, -0.15) is 15.1 Å². The molecule has 0 N–H and O–H groups in total. The predicted molar refractivity (Wildman–Crippen MR) is 283 cm³/mol. The van der Waals surface area contributed by atoms with Gasteiger partial charge in [-0.3, -0.25) is 4.68 Å². The summed E-state index contributed by atoms with van der Waals surface area (Å²) in [6.45, 7) is 10.9. The first-order valence-electron chi connectivity index (χ1n) is 25.2. The number of nitrogens with zero attached hydrogens (tertiary/aromatic N) is 6. The van der Waals surface area contributed by atoms with Gasteiger partial charge < -0.3 is 28.7 Å². The molecule has 4 heterocycles. The lowest BCUT2D eigenvalue weighted by molar-refractivity contribution is 0.0214. The SMILES string of the molecule is C#Cc1ccc(COc2c(-c3c(C)c(F)cc4nn(C(c5ccccc5)(c5ccccc5)c5ccccc5)cc34)c(C3CC3)cc3c(N4C[C@@H]5C[C@H]4CN5C(=O)OC(C)(C)C)nc(O[C@H](C)COC)nc23)cc1. The Kier molecular flexibility index (Phi) is 12.4. The lowest BCUT2D eigenvalue weighted by atomic mass is 9.77. The zero-order valence-electron chi connectivity index (χ0n) is 42.1. The number of likely N-dealkylation sites (tertiary alicyclic amines) is 1. The molecule has 6 aromatic carbocycles. The molecule has 3 atom stereocenters. The van der Waals surface area contributed by atoms with E-state index in [2.05, 4.69) is 59.5 Å². The number of methoxy groups -OCH3 is 1. The second-order valence-corrected chi connectivity index (χ2v) is 20.7. The van der Waals surface area contributed by atoms with E-state index in [9.17, 15) is 4.79 Å². The van der Waals surface area contributed by atoms with E-state index in [0.717, 1.165) is 69.0 Å². The molecule has 1 aliphatic carbocycles. The van der Waals surface area contributed by atoms with E-state index in [-0.39, 0.29) is 36.7 Å². The second-order valence-electron chi connectivity index (χ2n) is 20.7. The van der Waals surface area contributed by atoms with Crippen LogP contribution in [0.1, 0.15) is 91.8 Å². The molecule has 11 nitrogen and oxygen atoms in total. The number of rotatable bonds is 14. The van der Waals surface area contributed by atoms with Crippen LogP contribution in [0.4, 0.5) is 15.0 Å². The van der Waals surface area contributed by atoms with E-state index in [1.54, 1.807) is 13.2 Å². The van der Waals surface area contributed by atoms with Crippen molar-refractivity contribution in [2.24, 2.45) is 0 Å². The average molecular weight is 975 g/mol. The number of halogens is 1. The minimum atomic E-state index is -0.960. The summed E-state index contributed by atoms with van der Waals surface area (Å²) in [4.78, 5) is 28.1. The minimum absolute atomic E-state index is 0.0435. The van der Waals surface area contributed by atoms with Gasteiger partial charge in [-0.1, -0.05) is 109 Å². The van der Waals surface area contributed by atoms with E-state index < -0.39 is 23.1 Å². The van der Waals surface area contributed by atoms with Crippen molar-refractivity contribution in [1.82, 2.24) is 24.6 Å². The number of carbonyl (C=O) groups is 1. The van der Waals surface area contributed by atoms with Crippen LogP contribution in [0, 0.1) is 25.1 Å². The number of piperazine rings is 1. The zero-order valence-corrected chi connectivity index (χ0v) is 42.1. The van der Waals surface area contributed by atoms with Crippen LogP contribution in [0.2, 0.25) is 0 Å². The highest BCUT2D eigenvalue weighted by Gasteiger charge is 2.48. The number of benzene rings is 6. The molecule has 8 aromatic rings. The summed E-state index contributed by atoms with van der Waals surface area (Å²) in [5.41, 5.74) is 6.95. The van der Waals surface area contributed by atoms with Gasteiger partial charge in [-0.15, -0.1) is 6.42 Å². The van der Waals surface area contributed by atoms with Gasteiger partial charge in [-0.25, -0.2) is 9.18 Å². The smallest absolute Gasteiger partial charge is 0.410 e. The van der Waals surface area contributed by atoms with E-state index in [1.165, 1.54) is 0 Å². The highest BCUT2D eigenvalue weighted by atomic mass is 19.1. The maximum atomic E-state index is 17.2. The topological polar surface area (TPSA) is 104 Å². The molecule has 2 saturated heterocycles. The van der Waals surface area contributed by atoms with Crippen LogP contribution >= 0.6 is 0 Å². The summed E-state index contributed by atoms with van der Waals surface area (Å²) in [6.07, 6.45) is 9.78. The van der Waals surface area contributed by atoms with Gasteiger partial charge in [0.25, 0.3) is 0 Å². The number of terminal acetylenes is 1. The van der Waals surface area contributed by atoms with Crippen molar-refractivity contribution in [3.63, 3.8) is 0 Å². The number of carbonyl (C=O) groups excluding carboxylic acids is 1. The number of hydrogen-bond acceptors (Lipinski definition) is 9. The Hall–Kier alpha value is -7.75. The molecule has 0 spiro atoms. The van der Waals surface area contributed by atoms with Gasteiger partial charge in [-0.05, 0) is 111 Å². The Morgan fingerprint density at radius 1 is 0.836 bits per heavy atom. The largest absolute Gasteiger partial charge is 0.486 e. The van der Waals surface area contributed by atoms with E-state index >= 15 is 4.39 Å². The molecule has 12 heteroatoms. The Morgan fingerprint density at radius 3 is 2.04 bits per heavy atom. The Labute approximate surface area is 425 Å². The number of amides is 1.